The first-order valence-electron chi connectivity index (χ1n) is 4.92. The van der Waals surface area contributed by atoms with Crippen LogP contribution in [0, 0.1) is 11.8 Å². The van der Waals surface area contributed by atoms with Gasteiger partial charge in [0.15, 0.2) is 5.11 Å². The van der Waals surface area contributed by atoms with Gasteiger partial charge >= 0.3 is 0 Å². The standard InChI is InChI=1S/C9H19N3S/c1-6-4-3-5-8(7(6)2)11-9(13)12-10/h6-8H,3-5,10H2,1-2H3,(H2,11,12,13)/t6-,7+,8+/m0/s1. The van der Waals surface area contributed by atoms with E-state index < -0.39 is 0 Å². The van der Waals surface area contributed by atoms with Crippen molar-refractivity contribution in [3.63, 3.8) is 0 Å². The lowest BCUT2D eigenvalue weighted by Crippen LogP contribution is -2.49. The van der Waals surface area contributed by atoms with Crippen LogP contribution in [0.3, 0.4) is 0 Å². The molecule has 0 aliphatic heterocycles. The normalized spacial score (nSPS) is 33.9. The number of thiocarbonyl (C=S) groups is 1. The van der Waals surface area contributed by atoms with E-state index in [0.717, 1.165) is 5.92 Å². The van der Waals surface area contributed by atoms with E-state index in [0.29, 0.717) is 17.1 Å². The first-order chi connectivity index (χ1) is 6.15. The second kappa shape index (κ2) is 4.77. The van der Waals surface area contributed by atoms with E-state index in [4.69, 9.17) is 18.1 Å². The van der Waals surface area contributed by atoms with Crippen LogP contribution in [0.4, 0.5) is 0 Å². The molecule has 4 heteroatoms. The van der Waals surface area contributed by atoms with Gasteiger partial charge in [0, 0.05) is 6.04 Å². The Morgan fingerprint density at radius 1 is 1.38 bits per heavy atom. The third-order valence-electron chi connectivity index (χ3n) is 3.15. The van der Waals surface area contributed by atoms with Gasteiger partial charge in [0.2, 0.25) is 0 Å². The van der Waals surface area contributed by atoms with Crippen molar-refractivity contribution in [1.82, 2.24) is 10.7 Å². The number of hydrazine groups is 1. The Hall–Kier alpha value is -0.350. The van der Waals surface area contributed by atoms with Gasteiger partial charge in [0.05, 0.1) is 0 Å². The Labute approximate surface area is 85.4 Å². The van der Waals surface area contributed by atoms with Crippen molar-refractivity contribution in [3.8, 4) is 0 Å². The van der Waals surface area contributed by atoms with E-state index in [1.165, 1.54) is 19.3 Å². The van der Waals surface area contributed by atoms with Gasteiger partial charge < -0.3 is 10.7 Å². The minimum Gasteiger partial charge on any atom is -0.359 e. The topological polar surface area (TPSA) is 50.1 Å². The van der Waals surface area contributed by atoms with Gasteiger partial charge in [-0.15, -0.1) is 0 Å². The van der Waals surface area contributed by atoms with Crippen LogP contribution in [0.15, 0.2) is 0 Å². The van der Waals surface area contributed by atoms with Gasteiger partial charge in [-0.1, -0.05) is 26.7 Å². The molecule has 0 amide bonds. The highest BCUT2D eigenvalue weighted by molar-refractivity contribution is 7.80. The number of rotatable bonds is 1. The maximum Gasteiger partial charge on any atom is 0.180 e. The van der Waals surface area contributed by atoms with E-state index in [-0.39, 0.29) is 0 Å². The van der Waals surface area contributed by atoms with E-state index >= 15 is 0 Å². The lowest BCUT2D eigenvalue weighted by molar-refractivity contribution is 0.224. The molecule has 0 aromatic rings. The van der Waals surface area contributed by atoms with Crippen molar-refractivity contribution in [3.05, 3.63) is 0 Å². The number of hydrogen-bond acceptors (Lipinski definition) is 2. The summed E-state index contributed by atoms with van der Waals surface area (Å²) in [5, 5.41) is 3.81. The molecule has 1 aliphatic carbocycles. The fourth-order valence-corrected chi connectivity index (χ4v) is 2.15. The summed E-state index contributed by atoms with van der Waals surface area (Å²) in [5.41, 5.74) is 2.47. The summed E-state index contributed by atoms with van der Waals surface area (Å²) >= 11 is 4.98. The maximum absolute atomic E-state index is 5.22. The molecule has 0 spiro atoms. The first-order valence-corrected chi connectivity index (χ1v) is 5.33. The summed E-state index contributed by atoms with van der Waals surface area (Å²) < 4.78 is 0. The summed E-state index contributed by atoms with van der Waals surface area (Å²) in [4.78, 5) is 0. The van der Waals surface area contributed by atoms with Gasteiger partial charge in [0.25, 0.3) is 0 Å². The quantitative estimate of drug-likeness (QED) is 0.338. The van der Waals surface area contributed by atoms with Crippen LogP contribution in [-0.2, 0) is 0 Å². The van der Waals surface area contributed by atoms with Crippen LogP contribution in [0.1, 0.15) is 33.1 Å². The van der Waals surface area contributed by atoms with Crippen LogP contribution in [0.25, 0.3) is 0 Å². The monoisotopic (exact) mass is 201 g/mol. The number of hydrogen-bond donors (Lipinski definition) is 3. The number of nitrogens with one attached hydrogen (secondary N) is 2. The largest absolute Gasteiger partial charge is 0.359 e. The Morgan fingerprint density at radius 3 is 2.69 bits per heavy atom. The molecule has 76 valence electrons. The molecule has 0 aromatic heterocycles. The van der Waals surface area contributed by atoms with Gasteiger partial charge in [-0.05, 0) is 30.5 Å². The molecule has 1 rings (SSSR count). The van der Waals surface area contributed by atoms with Crippen molar-refractivity contribution in [2.75, 3.05) is 0 Å². The minimum atomic E-state index is 0.493. The SMILES string of the molecule is C[C@@H]1[C@@H](C)CCC[C@H]1NC(=S)NN. The Bertz CT molecular complexity index is 184. The predicted molar refractivity (Wildman–Crippen MR) is 59.0 cm³/mol. The highest BCUT2D eigenvalue weighted by Crippen LogP contribution is 2.29. The molecule has 0 aromatic carbocycles. The second-order valence-electron chi connectivity index (χ2n) is 3.99. The van der Waals surface area contributed by atoms with E-state index in [9.17, 15) is 0 Å². The van der Waals surface area contributed by atoms with Crippen LogP contribution in [0.5, 0.6) is 0 Å². The first kappa shape index (κ1) is 10.7. The van der Waals surface area contributed by atoms with Crippen LogP contribution >= 0.6 is 12.2 Å². The summed E-state index contributed by atoms with van der Waals surface area (Å²) in [6, 6.07) is 0.493. The van der Waals surface area contributed by atoms with Gasteiger partial charge in [-0.25, -0.2) is 5.84 Å². The number of nitrogens with two attached hydrogens (primary N) is 1. The summed E-state index contributed by atoms with van der Waals surface area (Å²) in [7, 11) is 0. The molecule has 13 heavy (non-hydrogen) atoms. The van der Waals surface area contributed by atoms with Crippen molar-refractivity contribution < 1.29 is 0 Å². The van der Waals surface area contributed by atoms with Crippen molar-refractivity contribution in [1.29, 1.82) is 0 Å². The molecular weight excluding hydrogens is 182 g/mol. The fraction of sp³-hybridized carbons (Fsp3) is 0.889. The summed E-state index contributed by atoms with van der Waals surface area (Å²) in [6.07, 6.45) is 3.83. The average molecular weight is 201 g/mol. The molecule has 3 atom stereocenters. The van der Waals surface area contributed by atoms with Gasteiger partial charge in [-0.3, -0.25) is 0 Å². The van der Waals surface area contributed by atoms with E-state index in [2.05, 4.69) is 24.6 Å². The zero-order valence-corrected chi connectivity index (χ0v) is 9.16. The molecule has 1 fully saturated rings. The third kappa shape index (κ3) is 2.81. The molecule has 3 nitrogen and oxygen atoms in total. The van der Waals surface area contributed by atoms with Crippen LogP contribution in [0.2, 0.25) is 0 Å². The molecule has 1 saturated carbocycles. The second-order valence-corrected chi connectivity index (χ2v) is 4.40. The van der Waals surface area contributed by atoms with Gasteiger partial charge in [-0.2, -0.15) is 0 Å². The smallest absolute Gasteiger partial charge is 0.180 e. The molecular formula is C9H19N3S. The molecule has 0 unspecified atom stereocenters. The molecule has 0 radical (unpaired) electrons. The molecule has 4 N–H and O–H groups in total. The third-order valence-corrected chi connectivity index (χ3v) is 3.39. The summed E-state index contributed by atoms with van der Waals surface area (Å²) in [5.74, 6) is 6.68. The van der Waals surface area contributed by atoms with Crippen molar-refractivity contribution >= 4 is 17.3 Å². The average Bonchev–Trinajstić information content (AvgIpc) is 2.13. The zero-order chi connectivity index (χ0) is 9.84. The summed E-state index contributed by atoms with van der Waals surface area (Å²) in [6.45, 7) is 4.58. The predicted octanol–water partition coefficient (Wildman–Crippen LogP) is 1.15. The van der Waals surface area contributed by atoms with Crippen molar-refractivity contribution in [2.24, 2.45) is 17.7 Å². The lowest BCUT2D eigenvalue weighted by atomic mass is 9.78. The highest BCUT2D eigenvalue weighted by Gasteiger charge is 2.27. The minimum absolute atomic E-state index is 0.493. The highest BCUT2D eigenvalue weighted by atomic mass is 32.1. The lowest BCUT2D eigenvalue weighted by Gasteiger charge is -2.35. The molecule has 1 aliphatic rings. The Kier molecular flexibility index (Phi) is 3.93. The zero-order valence-electron chi connectivity index (χ0n) is 8.34. The van der Waals surface area contributed by atoms with Crippen LogP contribution in [-0.4, -0.2) is 11.2 Å². The van der Waals surface area contributed by atoms with Crippen molar-refractivity contribution in [2.45, 2.75) is 39.2 Å². The molecule has 0 bridgehead atoms. The molecule has 0 heterocycles. The van der Waals surface area contributed by atoms with Crippen LogP contribution < -0.4 is 16.6 Å². The Balaban J connectivity index is 2.43. The van der Waals surface area contributed by atoms with E-state index in [1.54, 1.807) is 0 Å². The van der Waals surface area contributed by atoms with Gasteiger partial charge in [0.1, 0.15) is 0 Å². The van der Waals surface area contributed by atoms with E-state index in [1.807, 2.05) is 0 Å². The maximum atomic E-state index is 5.22. The fourth-order valence-electron chi connectivity index (χ4n) is 2.00. The molecule has 0 saturated heterocycles. The Morgan fingerprint density at radius 2 is 2.08 bits per heavy atom.